The fraction of sp³-hybridized carbons (Fsp3) is 0.273. The Bertz CT molecular complexity index is 308. The Hall–Kier alpha value is -1.64. The lowest BCUT2D eigenvalue weighted by molar-refractivity contribution is -0.138. The molecule has 1 heterocycles. The van der Waals surface area contributed by atoms with E-state index in [1.54, 1.807) is 12.4 Å². The lowest BCUT2D eigenvalue weighted by Gasteiger charge is -2.10. The Morgan fingerprint density at radius 2 is 2.57 bits per heavy atom. The van der Waals surface area contributed by atoms with Crippen LogP contribution in [0.4, 0.5) is 0 Å². The number of hydrogen-bond acceptors (Lipinski definition) is 3. The Morgan fingerprint density at radius 1 is 1.79 bits per heavy atom. The van der Waals surface area contributed by atoms with Gasteiger partial charge in [0, 0.05) is 24.4 Å². The fourth-order valence-electron chi connectivity index (χ4n) is 1.03. The molecule has 0 bridgehead atoms. The Balaban J connectivity index is 2.47. The number of carbonyl (C=O) groups is 1. The molecule has 0 aliphatic carbocycles. The number of rotatable bonds is 4. The van der Waals surface area contributed by atoms with Crippen LogP contribution in [0.25, 0.3) is 0 Å². The van der Waals surface area contributed by atoms with E-state index in [2.05, 4.69) is 11.6 Å². The average Bonchev–Trinajstić information content (AvgIpc) is 2.26. The van der Waals surface area contributed by atoms with Crippen molar-refractivity contribution in [1.29, 1.82) is 0 Å². The van der Waals surface area contributed by atoms with Crippen LogP contribution in [0.1, 0.15) is 18.4 Å². The van der Waals surface area contributed by atoms with Crippen LogP contribution >= 0.6 is 0 Å². The molecule has 1 aromatic heterocycles. The van der Waals surface area contributed by atoms with E-state index in [-0.39, 0.29) is 11.9 Å². The van der Waals surface area contributed by atoms with Crippen molar-refractivity contribution in [3.8, 4) is 0 Å². The highest BCUT2D eigenvalue weighted by molar-refractivity contribution is 5.81. The zero-order chi connectivity index (χ0) is 10.4. The molecule has 0 fully saturated rings. The van der Waals surface area contributed by atoms with Gasteiger partial charge in [0.15, 0.2) is 0 Å². The second kappa shape index (κ2) is 5.17. The first-order valence-electron chi connectivity index (χ1n) is 4.43. The second-order valence-electron chi connectivity index (χ2n) is 3.02. The maximum Gasteiger partial charge on any atom is 0.330 e. The lowest BCUT2D eigenvalue weighted by Crippen LogP contribution is -2.08. The van der Waals surface area contributed by atoms with Crippen molar-refractivity contribution in [2.75, 3.05) is 6.61 Å². The molecule has 0 spiro atoms. The van der Waals surface area contributed by atoms with E-state index in [9.17, 15) is 4.79 Å². The van der Waals surface area contributed by atoms with Gasteiger partial charge in [0.2, 0.25) is 0 Å². The number of carbonyl (C=O) groups excluding carboxylic acids is 1. The minimum atomic E-state index is -0.388. The van der Waals surface area contributed by atoms with Crippen molar-refractivity contribution in [1.82, 2.24) is 4.98 Å². The largest absolute Gasteiger partial charge is 0.462 e. The molecule has 0 aliphatic heterocycles. The summed E-state index contributed by atoms with van der Waals surface area (Å²) < 4.78 is 4.92. The molecule has 1 unspecified atom stereocenters. The molecular formula is C11H13NO2. The summed E-state index contributed by atoms with van der Waals surface area (Å²) in [6.07, 6.45) is 4.65. The Morgan fingerprint density at radius 3 is 3.14 bits per heavy atom. The van der Waals surface area contributed by atoms with Crippen LogP contribution < -0.4 is 0 Å². The molecule has 1 rings (SSSR count). The number of nitrogens with zero attached hydrogens (tertiary/aromatic N) is 1. The molecule has 0 aliphatic rings. The monoisotopic (exact) mass is 191 g/mol. The van der Waals surface area contributed by atoms with E-state index in [4.69, 9.17) is 4.74 Å². The van der Waals surface area contributed by atoms with Gasteiger partial charge in [-0.05, 0) is 11.6 Å². The minimum absolute atomic E-state index is 0.160. The minimum Gasteiger partial charge on any atom is -0.462 e. The molecule has 0 radical (unpaired) electrons. The molecule has 3 heteroatoms. The van der Waals surface area contributed by atoms with Gasteiger partial charge in [-0.2, -0.15) is 0 Å². The van der Waals surface area contributed by atoms with Crippen LogP contribution in [0.3, 0.4) is 0 Å². The summed E-state index contributed by atoms with van der Waals surface area (Å²) in [6, 6.07) is 3.82. The average molecular weight is 191 g/mol. The zero-order valence-corrected chi connectivity index (χ0v) is 8.14. The molecule has 74 valence electrons. The third-order valence-electron chi connectivity index (χ3n) is 1.90. The van der Waals surface area contributed by atoms with Gasteiger partial charge in [-0.1, -0.05) is 19.6 Å². The van der Waals surface area contributed by atoms with Crippen LogP contribution in [0.15, 0.2) is 37.2 Å². The first-order chi connectivity index (χ1) is 6.74. The second-order valence-corrected chi connectivity index (χ2v) is 3.02. The van der Waals surface area contributed by atoms with Gasteiger partial charge in [-0.25, -0.2) is 4.79 Å². The molecule has 0 aromatic carbocycles. The molecule has 3 nitrogen and oxygen atoms in total. The third kappa shape index (κ3) is 3.01. The van der Waals surface area contributed by atoms with Crippen molar-refractivity contribution in [3.63, 3.8) is 0 Å². The summed E-state index contributed by atoms with van der Waals surface area (Å²) in [5.74, 6) is -0.228. The topological polar surface area (TPSA) is 39.2 Å². The zero-order valence-electron chi connectivity index (χ0n) is 8.14. The van der Waals surface area contributed by atoms with Crippen LogP contribution in [0.2, 0.25) is 0 Å². The van der Waals surface area contributed by atoms with Gasteiger partial charge in [0.1, 0.15) is 0 Å². The predicted molar refractivity (Wildman–Crippen MR) is 53.8 cm³/mol. The highest BCUT2D eigenvalue weighted by Crippen LogP contribution is 2.13. The summed E-state index contributed by atoms with van der Waals surface area (Å²) in [5.41, 5.74) is 1.06. The van der Waals surface area contributed by atoms with E-state index in [1.165, 1.54) is 0 Å². The molecule has 1 atom stereocenters. The van der Waals surface area contributed by atoms with Gasteiger partial charge in [0.25, 0.3) is 0 Å². The lowest BCUT2D eigenvalue weighted by atomic mass is 10.1. The van der Waals surface area contributed by atoms with Crippen LogP contribution in [-0.4, -0.2) is 17.6 Å². The summed E-state index contributed by atoms with van der Waals surface area (Å²) in [5, 5.41) is 0. The van der Waals surface area contributed by atoms with Crippen molar-refractivity contribution in [2.24, 2.45) is 0 Å². The van der Waals surface area contributed by atoms with Crippen LogP contribution in [0, 0.1) is 0 Å². The van der Waals surface area contributed by atoms with Gasteiger partial charge in [-0.15, -0.1) is 0 Å². The van der Waals surface area contributed by atoms with E-state index in [0.717, 1.165) is 11.6 Å². The number of hydrogen-bond donors (Lipinski definition) is 0. The highest BCUT2D eigenvalue weighted by Gasteiger charge is 2.07. The van der Waals surface area contributed by atoms with Crippen molar-refractivity contribution < 1.29 is 9.53 Å². The standard InChI is InChI=1S/C11H13NO2/c1-3-11(13)14-8-9(2)10-5-4-6-12-7-10/h3-7,9H,1,8H2,2H3. The molecule has 14 heavy (non-hydrogen) atoms. The van der Waals surface area contributed by atoms with Crippen LogP contribution in [-0.2, 0) is 9.53 Å². The van der Waals surface area contributed by atoms with Gasteiger partial charge >= 0.3 is 5.97 Å². The summed E-state index contributed by atoms with van der Waals surface area (Å²) in [7, 11) is 0. The summed E-state index contributed by atoms with van der Waals surface area (Å²) in [4.78, 5) is 14.8. The van der Waals surface area contributed by atoms with Crippen molar-refractivity contribution in [2.45, 2.75) is 12.8 Å². The third-order valence-corrected chi connectivity index (χ3v) is 1.90. The number of esters is 1. The van der Waals surface area contributed by atoms with Crippen LogP contribution in [0.5, 0.6) is 0 Å². The highest BCUT2D eigenvalue weighted by atomic mass is 16.5. The SMILES string of the molecule is C=CC(=O)OCC(C)c1cccnc1. The maximum absolute atomic E-state index is 10.8. The molecule has 1 aromatic rings. The molecule has 0 saturated heterocycles. The molecular weight excluding hydrogens is 178 g/mol. The molecule has 0 saturated carbocycles. The van der Waals surface area contributed by atoms with Gasteiger partial charge in [-0.3, -0.25) is 4.98 Å². The number of aromatic nitrogens is 1. The summed E-state index contributed by atoms with van der Waals surface area (Å²) >= 11 is 0. The van der Waals surface area contributed by atoms with E-state index < -0.39 is 0 Å². The van der Waals surface area contributed by atoms with Gasteiger partial charge < -0.3 is 4.74 Å². The Kier molecular flexibility index (Phi) is 3.85. The number of pyridine rings is 1. The fourth-order valence-corrected chi connectivity index (χ4v) is 1.03. The van der Waals surface area contributed by atoms with E-state index >= 15 is 0 Å². The Labute approximate surface area is 83.4 Å². The first kappa shape index (κ1) is 10.4. The van der Waals surface area contributed by atoms with Crippen molar-refractivity contribution in [3.05, 3.63) is 42.7 Å². The van der Waals surface area contributed by atoms with E-state index in [0.29, 0.717) is 6.61 Å². The molecule has 0 amide bonds. The summed E-state index contributed by atoms with van der Waals surface area (Å²) in [6.45, 7) is 5.66. The normalized spacial score (nSPS) is 11.8. The van der Waals surface area contributed by atoms with E-state index in [1.807, 2.05) is 19.1 Å². The number of ether oxygens (including phenoxy) is 1. The van der Waals surface area contributed by atoms with Gasteiger partial charge in [0.05, 0.1) is 6.61 Å². The smallest absolute Gasteiger partial charge is 0.330 e. The molecule has 0 N–H and O–H groups in total. The van der Waals surface area contributed by atoms with Crippen molar-refractivity contribution >= 4 is 5.97 Å². The quantitative estimate of drug-likeness (QED) is 0.539. The maximum atomic E-state index is 10.8. The predicted octanol–water partition coefficient (Wildman–Crippen LogP) is 1.91. The first-order valence-corrected chi connectivity index (χ1v) is 4.43.